The summed E-state index contributed by atoms with van der Waals surface area (Å²) in [7, 11) is 0. The van der Waals surface area contributed by atoms with Crippen molar-refractivity contribution < 1.29 is 9.47 Å². The molecule has 1 saturated carbocycles. The van der Waals surface area contributed by atoms with Gasteiger partial charge in [0.05, 0.1) is 17.6 Å². The molecule has 0 N–H and O–H groups in total. The summed E-state index contributed by atoms with van der Waals surface area (Å²) in [5.74, 6) is -0.241. The van der Waals surface area contributed by atoms with Gasteiger partial charge >= 0.3 is 0 Å². The van der Waals surface area contributed by atoms with E-state index in [-0.39, 0.29) is 34.7 Å². The van der Waals surface area contributed by atoms with Crippen molar-refractivity contribution in [3.63, 3.8) is 0 Å². The van der Waals surface area contributed by atoms with Crippen LogP contribution in [-0.4, -0.2) is 28.6 Å². The summed E-state index contributed by atoms with van der Waals surface area (Å²) >= 11 is 11.6. The van der Waals surface area contributed by atoms with Gasteiger partial charge in [-0.25, -0.2) is 0 Å². The molecule has 23 heavy (non-hydrogen) atoms. The topological polar surface area (TPSA) is 18.5 Å². The highest BCUT2D eigenvalue weighted by molar-refractivity contribution is 7.81. The second kappa shape index (κ2) is 4.66. The van der Waals surface area contributed by atoms with Crippen molar-refractivity contribution in [3.8, 4) is 0 Å². The fraction of sp³-hybridized carbons (Fsp3) is 0.474. The zero-order chi connectivity index (χ0) is 15.9. The van der Waals surface area contributed by atoms with Crippen molar-refractivity contribution in [2.75, 3.05) is 0 Å². The number of thiol groups is 1. The number of alkyl halides is 1. The van der Waals surface area contributed by atoms with Crippen LogP contribution in [0.5, 0.6) is 0 Å². The van der Waals surface area contributed by atoms with E-state index in [0.717, 1.165) is 0 Å². The van der Waals surface area contributed by atoms with Gasteiger partial charge in [0.2, 0.25) is 0 Å². The smallest absolute Gasteiger partial charge is 0.163 e. The van der Waals surface area contributed by atoms with E-state index in [2.05, 4.69) is 36.4 Å². The van der Waals surface area contributed by atoms with Crippen molar-refractivity contribution in [1.82, 2.24) is 0 Å². The highest BCUT2D eigenvalue weighted by Crippen LogP contribution is 2.59. The molecule has 120 valence electrons. The molecule has 2 aromatic carbocycles. The molecule has 0 aromatic heterocycles. The summed E-state index contributed by atoms with van der Waals surface area (Å²) in [4.78, 5) is 0. The van der Waals surface area contributed by atoms with Gasteiger partial charge in [0.15, 0.2) is 5.79 Å². The van der Waals surface area contributed by atoms with Crippen molar-refractivity contribution in [1.29, 1.82) is 0 Å². The van der Waals surface area contributed by atoms with Crippen LogP contribution in [0.2, 0.25) is 0 Å². The molecule has 6 atom stereocenters. The molecule has 4 heteroatoms. The van der Waals surface area contributed by atoms with Crippen molar-refractivity contribution >= 4 is 35.0 Å². The average Bonchev–Trinajstić information content (AvgIpc) is 2.83. The summed E-state index contributed by atoms with van der Waals surface area (Å²) in [5.41, 5.74) is 2.66. The number of ether oxygens (including phenoxy) is 2. The molecule has 6 unspecified atom stereocenters. The lowest BCUT2D eigenvalue weighted by molar-refractivity contribution is -0.147. The molecule has 2 fully saturated rings. The molecular formula is C19H19ClO2S. The Morgan fingerprint density at radius 1 is 0.957 bits per heavy atom. The van der Waals surface area contributed by atoms with Gasteiger partial charge in [-0.2, -0.15) is 12.6 Å². The predicted octanol–water partition coefficient (Wildman–Crippen LogP) is 4.46. The number of hydrogen-bond donors (Lipinski definition) is 1. The monoisotopic (exact) mass is 346 g/mol. The minimum atomic E-state index is -0.554. The molecule has 0 amide bonds. The Kier molecular flexibility index (Phi) is 2.96. The zero-order valence-corrected chi connectivity index (χ0v) is 14.7. The third-order valence-electron chi connectivity index (χ3n) is 5.58. The molecule has 3 aliphatic carbocycles. The van der Waals surface area contributed by atoms with Gasteiger partial charge in [-0.15, -0.1) is 11.6 Å². The molecule has 1 saturated heterocycles. The molecule has 1 heterocycles. The minimum absolute atomic E-state index is 0.0227. The van der Waals surface area contributed by atoms with Crippen LogP contribution in [0.1, 0.15) is 36.8 Å². The maximum absolute atomic E-state index is 6.79. The van der Waals surface area contributed by atoms with Gasteiger partial charge in [-0.3, -0.25) is 0 Å². The number of benzene rings is 2. The second-order valence-electron chi connectivity index (χ2n) is 7.38. The molecule has 0 radical (unpaired) electrons. The molecule has 4 aliphatic rings. The Labute approximate surface area is 146 Å². The number of hydrogen-bond acceptors (Lipinski definition) is 3. The molecular weight excluding hydrogens is 328 g/mol. The Hall–Kier alpha value is -0.740. The van der Waals surface area contributed by atoms with Crippen molar-refractivity contribution in [3.05, 3.63) is 47.5 Å². The zero-order valence-electron chi connectivity index (χ0n) is 13.1. The lowest BCUT2D eigenvalue weighted by atomic mass is 9.63. The van der Waals surface area contributed by atoms with Crippen LogP contribution in [0.25, 0.3) is 10.8 Å². The molecule has 2 bridgehead atoms. The third-order valence-corrected chi connectivity index (χ3v) is 6.94. The van der Waals surface area contributed by atoms with Gasteiger partial charge in [-0.05, 0) is 35.7 Å². The molecule has 6 rings (SSSR count). The Bertz CT molecular complexity index is 741. The number of rotatable bonds is 0. The number of fused-ring (bicyclic) bond motifs is 2. The van der Waals surface area contributed by atoms with Crippen molar-refractivity contribution in [2.45, 2.75) is 54.3 Å². The van der Waals surface area contributed by atoms with Crippen LogP contribution in [0.15, 0.2) is 36.4 Å². The highest BCUT2D eigenvalue weighted by atomic mass is 35.5. The lowest BCUT2D eigenvalue weighted by Crippen LogP contribution is -2.55. The van der Waals surface area contributed by atoms with Crippen LogP contribution in [0.4, 0.5) is 0 Å². The van der Waals surface area contributed by atoms with E-state index in [9.17, 15) is 0 Å². The first kappa shape index (κ1) is 14.6. The quantitative estimate of drug-likeness (QED) is 0.561. The van der Waals surface area contributed by atoms with E-state index in [1.165, 1.54) is 21.9 Å². The van der Waals surface area contributed by atoms with E-state index in [1.54, 1.807) is 0 Å². The normalized spacial score (nSPS) is 40.2. The standard InChI is InChI=1S/C19H19ClO2S/c1-19(2)21-16-13-11-7-9-5-3-4-6-10(9)8-12(11)14(17(16)22-19)18(23)15(13)20/h3-8,13-18,23H,1-2H3. The van der Waals surface area contributed by atoms with E-state index < -0.39 is 5.79 Å². The maximum atomic E-state index is 6.79. The largest absolute Gasteiger partial charge is 0.344 e. The Morgan fingerprint density at radius 2 is 1.48 bits per heavy atom. The van der Waals surface area contributed by atoms with Crippen molar-refractivity contribution in [2.24, 2.45) is 0 Å². The van der Waals surface area contributed by atoms with E-state index in [4.69, 9.17) is 33.7 Å². The predicted molar refractivity (Wildman–Crippen MR) is 95.7 cm³/mol. The lowest BCUT2D eigenvalue weighted by Gasteiger charge is -2.50. The van der Waals surface area contributed by atoms with Gasteiger partial charge < -0.3 is 9.47 Å². The fourth-order valence-electron chi connectivity index (χ4n) is 4.72. The Morgan fingerprint density at radius 3 is 2.09 bits per heavy atom. The van der Waals surface area contributed by atoms with Gasteiger partial charge in [-0.1, -0.05) is 36.4 Å². The van der Waals surface area contributed by atoms with Crippen LogP contribution < -0.4 is 0 Å². The Balaban J connectivity index is 1.75. The summed E-state index contributed by atoms with van der Waals surface area (Å²) < 4.78 is 12.5. The molecule has 0 spiro atoms. The fourth-order valence-corrected chi connectivity index (χ4v) is 5.67. The highest BCUT2D eigenvalue weighted by Gasteiger charge is 2.61. The second-order valence-corrected chi connectivity index (χ2v) is 8.48. The summed E-state index contributed by atoms with van der Waals surface area (Å²) in [6, 6.07) is 13.1. The summed E-state index contributed by atoms with van der Waals surface area (Å²) in [6.45, 7) is 3.98. The maximum Gasteiger partial charge on any atom is 0.163 e. The van der Waals surface area contributed by atoms with Crippen LogP contribution in [0.3, 0.4) is 0 Å². The van der Waals surface area contributed by atoms with Gasteiger partial charge in [0.1, 0.15) is 0 Å². The van der Waals surface area contributed by atoms with Crippen LogP contribution in [-0.2, 0) is 9.47 Å². The van der Waals surface area contributed by atoms with E-state index in [0.29, 0.717) is 0 Å². The van der Waals surface area contributed by atoms with E-state index >= 15 is 0 Å². The first-order chi connectivity index (χ1) is 11.0. The molecule has 2 aromatic rings. The first-order valence-corrected chi connectivity index (χ1v) is 9.12. The summed E-state index contributed by atoms with van der Waals surface area (Å²) in [5, 5.41) is 2.58. The number of halogens is 1. The average molecular weight is 347 g/mol. The molecule has 2 nitrogen and oxygen atoms in total. The van der Waals surface area contributed by atoms with Crippen LogP contribution in [0, 0.1) is 0 Å². The van der Waals surface area contributed by atoms with Gasteiger partial charge in [0.25, 0.3) is 0 Å². The van der Waals surface area contributed by atoms with E-state index in [1.807, 2.05) is 13.8 Å². The summed E-state index contributed by atoms with van der Waals surface area (Å²) in [6.07, 6.45) is 0.0655. The molecule has 1 aliphatic heterocycles. The third kappa shape index (κ3) is 1.91. The van der Waals surface area contributed by atoms with Crippen LogP contribution >= 0.6 is 24.2 Å². The first-order valence-electron chi connectivity index (χ1n) is 8.17. The SMILES string of the molecule is CC1(C)OC2C(O1)C1c3cc4ccccc4cc3C2C(S)C1Cl. The minimum Gasteiger partial charge on any atom is -0.344 e. The van der Waals surface area contributed by atoms with Gasteiger partial charge in [0, 0.05) is 17.1 Å².